The number of thiazole rings is 1. The smallest absolute Gasteiger partial charge is 0.295 e. The van der Waals surface area contributed by atoms with E-state index in [-0.39, 0.29) is 11.7 Å². The number of amides is 1. The van der Waals surface area contributed by atoms with Gasteiger partial charge < -0.3 is 13.9 Å². The molecule has 1 aliphatic rings. The Morgan fingerprint density at radius 2 is 2.14 bits per heavy atom. The van der Waals surface area contributed by atoms with E-state index in [1.807, 2.05) is 18.2 Å². The number of carbonyl (C=O) groups excluding carboxylic acids is 1. The predicted octanol–water partition coefficient (Wildman–Crippen LogP) is 3.64. The number of benzene rings is 1. The number of hydrogen-bond acceptors (Lipinski definition) is 7. The van der Waals surface area contributed by atoms with Crippen LogP contribution >= 0.6 is 27.3 Å². The molecule has 0 N–H and O–H groups in total. The van der Waals surface area contributed by atoms with Gasteiger partial charge in [-0.25, -0.2) is 4.98 Å². The minimum absolute atomic E-state index is 0.204. The average molecular weight is 466 g/mol. The van der Waals surface area contributed by atoms with Crippen molar-refractivity contribution in [1.29, 1.82) is 0 Å². The van der Waals surface area contributed by atoms with Gasteiger partial charge in [0.25, 0.3) is 5.91 Å². The highest BCUT2D eigenvalue weighted by Crippen LogP contribution is 2.32. The van der Waals surface area contributed by atoms with Gasteiger partial charge in [0.15, 0.2) is 15.6 Å². The standard InChI is InChI=1S/C19H20BrN3O4S/c1-25-13-2-4-16-14(12-13)21-19(28-16)23(7-6-22-8-10-26-11-9-22)18(24)15-3-5-17(20)27-15/h2-5,12H,6-11H2,1H3. The van der Waals surface area contributed by atoms with E-state index in [1.54, 1.807) is 24.1 Å². The van der Waals surface area contributed by atoms with Crippen LogP contribution in [0.3, 0.4) is 0 Å². The van der Waals surface area contributed by atoms with Crippen LogP contribution in [0.4, 0.5) is 5.13 Å². The lowest BCUT2D eigenvalue weighted by Gasteiger charge is -2.28. The van der Waals surface area contributed by atoms with Crippen LogP contribution in [-0.4, -0.2) is 62.3 Å². The first-order valence-electron chi connectivity index (χ1n) is 8.96. The van der Waals surface area contributed by atoms with E-state index in [0.29, 0.717) is 16.3 Å². The first-order valence-corrected chi connectivity index (χ1v) is 10.6. The Labute approximate surface area is 175 Å². The Morgan fingerprint density at radius 3 is 2.86 bits per heavy atom. The Morgan fingerprint density at radius 1 is 1.32 bits per heavy atom. The molecule has 1 aliphatic heterocycles. The minimum atomic E-state index is -0.204. The van der Waals surface area contributed by atoms with Crippen LogP contribution in [0.1, 0.15) is 10.6 Å². The van der Waals surface area contributed by atoms with Crippen LogP contribution in [0, 0.1) is 0 Å². The van der Waals surface area contributed by atoms with Crippen LogP contribution in [0.5, 0.6) is 5.75 Å². The molecule has 1 saturated heterocycles. The fraction of sp³-hybridized carbons (Fsp3) is 0.368. The van der Waals surface area contributed by atoms with Gasteiger partial charge >= 0.3 is 0 Å². The maximum absolute atomic E-state index is 13.1. The lowest BCUT2D eigenvalue weighted by Crippen LogP contribution is -2.43. The molecule has 0 aliphatic carbocycles. The zero-order valence-corrected chi connectivity index (χ0v) is 17.8. The Balaban J connectivity index is 1.62. The molecule has 0 radical (unpaired) electrons. The summed E-state index contributed by atoms with van der Waals surface area (Å²) in [5.74, 6) is 0.821. The Kier molecular flexibility index (Phi) is 5.96. The van der Waals surface area contributed by atoms with Crippen molar-refractivity contribution in [3.8, 4) is 5.75 Å². The van der Waals surface area contributed by atoms with Crippen LogP contribution in [0.25, 0.3) is 10.2 Å². The number of hydrogen-bond donors (Lipinski definition) is 0. The van der Waals surface area contributed by atoms with E-state index in [1.165, 1.54) is 11.3 Å². The third kappa shape index (κ3) is 4.22. The molecule has 28 heavy (non-hydrogen) atoms. The summed E-state index contributed by atoms with van der Waals surface area (Å²) in [5, 5.41) is 0.647. The monoisotopic (exact) mass is 465 g/mol. The topological polar surface area (TPSA) is 68.0 Å². The highest BCUT2D eigenvalue weighted by molar-refractivity contribution is 9.10. The van der Waals surface area contributed by atoms with Gasteiger partial charge in [-0.3, -0.25) is 14.6 Å². The van der Waals surface area contributed by atoms with Crippen molar-refractivity contribution in [3.05, 3.63) is 40.8 Å². The first-order chi connectivity index (χ1) is 13.6. The summed E-state index contributed by atoms with van der Waals surface area (Å²) in [4.78, 5) is 21.8. The van der Waals surface area contributed by atoms with Gasteiger partial charge in [-0.15, -0.1) is 0 Å². The van der Waals surface area contributed by atoms with Gasteiger partial charge in [0.05, 0.1) is 30.5 Å². The number of morpholine rings is 1. The fourth-order valence-corrected chi connectivity index (χ4v) is 4.33. The molecule has 4 rings (SSSR count). The van der Waals surface area contributed by atoms with Gasteiger partial charge in [0, 0.05) is 32.2 Å². The number of anilines is 1. The minimum Gasteiger partial charge on any atom is -0.497 e. The number of ether oxygens (including phenoxy) is 2. The number of rotatable bonds is 6. The first kappa shape index (κ1) is 19.4. The van der Waals surface area contributed by atoms with Crippen molar-refractivity contribution in [2.45, 2.75) is 0 Å². The number of fused-ring (bicyclic) bond motifs is 1. The highest BCUT2D eigenvalue weighted by Gasteiger charge is 2.25. The van der Waals surface area contributed by atoms with E-state index in [4.69, 9.17) is 13.9 Å². The second-order valence-corrected chi connectivity index (χ2v) is 8.14. The summed E-state index contributed by atoms with van der Waals surface area (Å²) >= 11 is 4.75. The second-order valence-electron chi connectivity index (χ2n) is 6.34. The molecule has 1 fully saturated rings. The Bertz CT molecular complexity index is 967. The maximum atomic E-state index is 13.1. The normalized spacial score (nSPS) is 15.1. The molecule has 0 bridgehead atoms. The lowest BCUT2D eigenvalue weighted by molar-refractivity contribution is 0.0390. The summed E-state index contributed by atoms with van der Waals surface area (Å²) in [5.41, 5.74) is 0.809. The molecule has 0 atom stereocenters. The third-order valence-electron chi connectivity index (χ3n) is 4.59. The van der Waals surface area contributed by atoms with Gasteiger partial charge in [-0.1, -0.05) is 11.3 Å². The van der Waals surface area contributed by atoms with E-state index in [0.717, 1.165) is 48.8 Å². The zero-order chi connectivity index (χ0) is 19.5. The molecule has 0 unspecified atom stereocenters. The average Bonchev–Trinajstić information content (AvgIpc) is 3.34. The molecule has 3 heterocycles. The molecule has 9 heteroatoms. The molecular weight excluding hydrogens is 446 g/mol. The van der Waals surface area contributed by atoms with Crippen molar-refractivity contribution in [3.63, 3.8) is 0 Å². The zero-order valence-electron chi connectivity index (χ0n) is 15.4. The van der Waals surface area contributed by atoms with Crippen LogP contribution in [0.2, 0.25) is 0 Å². The molecule has 148 valence electrons. The van der Waals surface area contributed by atoms with E-state index in [2.05, 4.69) is 25.8 Å². The summed E-state index contributed by atoms with van der Waals surface area (Å²) in [6.45, 7) is 4.45. The van der Waals surface area contributed by atoms with Gasteiger partial charge in [-0.05, 0) is 40.2 Å². The van der Waals surface area contributed by atoms with Crippen LogP contribution in [0.15, 0.2) is 39.4 Å². The quantitative estimate of drug-likeness (QED) is 0.553. The second kappa shape index (κ2) is 8.60. The van der Waals surface area contributed by atoms with Crippen molar-refractivity contribution in [1.82, 2.24) is 9.88 Å². The van der Waals surface area contributed by atoms with Crippen molar-refractivity contribution in [2.75, 3.05) is 51.4 Å². The van der Waals surface area contributed by atoms with Crippen molar-refractivity contribution >= 4 is 48.5 Å². The summed E-state index contributed by atoms with van der Waals surface area (Å²) < 4.78 is 17.7. The molecule has 1 amide bonds. The number of furan rings is 1. The maximum Gasteiger partial charge on any atom is 0.295 e. The predicted molar refractivity (Wildman–Crippen MR) is 112 cm³/mol. The van der Waals surface area contributed by atoms with Crippen LogP contribution < -0.4 is 9.64 Å². The number of aromatic nitrogens is 1. The van der Waals surface area contributed by atoms with Crippen molar-refractivity contribution in [2.24, 2.45) is 0 Å². The van der Waals surface area contributed by atoms with E-state index < -0.39 is 0 Å². The molecule has 3 aromatic rings. The number of methoxy groups -OCH3 is 1. The lowest BCUT2D eigenvalue weighted by atomic mass is 10.3. The van der Waals surface area contributed by atoms with E-state index >= 15 is 0 Å². The highest BCUT2D eigenvalue weighted by atomic mass is 79.9. The number of halogens is 1. The summed E-state index contributed by atoms with van der Waals surface area (Å²) in [6, 6.07) is 9.13. The third-order valence-corrected chi connectivity index (χ3v) is 6.07. The number of nitrogens with zero attached hydrogens (tertiary/aromatic N) is 3. The SMILES string of the molecule is COc1ccc2sc(N(CCN3CCOCC3)C(=O)c3ccc(Br)o3)nc2c1. The molecule has 0 spiro atoms. The van der Waals surface area contributed by atoms with Crippen molar-refractivity contribution < 1.29 is 18.7 Å². The van der Waals surface area contributed by atoms with Gasteiger partial charge in [0.1, 0.15) is 5.75 Å². The molecular formula is C19H20BrN3O4S. The molecule has 2 aromatic heterocycles. The van der Waals surface area contributed by atoms with E-state index in [9.17, 15) is 4.79 Å². The Hall–Kier alpha value is -1.94. The fourth-order valence-electron chi connectivity index (χ4n) is 3.05. The van der Waals surface area contributed by atoms with Crippen LogP contribution in [-0.2, 0) is 4.74 Å². The summed E-state index contributed by atoms with van der Waals surface area (Å²) in [6.07, 6.45) is 0. The van der Waals surface area contributed by atoms with Gasteiger partial charge in [-0.2, -0.15) is 0 Å². The number of carbonyl (C=O) groups is 1. The largest absolute Gasteiger partial charge is 0.497 e. The molecule has 7 nitrogen and oxygen atoms in total. The molecule has 0 saturated carbocycles. The molecule has 1 aromatic carbocycles. The van der Waals surface area contributed by atoms with Gasteiger partial charge in [0.2, 0.25) is 0 Å². The summed E-state index contributed by atoms with van der Waals surface area (Å²) in [7, 11) is 1.63.